The van der Waals surface area contributed by atoms with Crippen LogP contribution < -0.4 is 0 Å². The Labute approximate surface area is 631 Å². The number of esters is 3. The van der Waals surface area contributed by atoms with Crippen molar-refractivity contribution in [1.82, 2.24) is 0 Å². The van der Waals surface area contributed by atoms with Crippen molar-refractivity contribution in [3.8, 4) is 0 Å². The van der Waals surface area contributed by atoms with E-state index in [0.29, 0.717) is 37.7 Å². The summed E-state index contributed by atoms with van der Waals surface area (Å²) in [6, 6.07) is 9.07. The van der Waals surface area contributed by atoms with E-state index in [9.17, 15) is 95.8 Å². The smallest absolute Gasteiger partial charge is 0.335 e. The molecule has 38 atom stereocenters. The second-order valence-electron chi connectivity index (χ2n) is 34.2. The molecule has 1 aromatic carbocycles. The lowest BCUT2D eigenvalue weighted by atomic mass is 9.30. The lowest BCUT2D eigenvalue weighted by Gasteiger charge is -2.75. The van der Waals surface area contributed by atoms with Gasteiger partial charge in [0.25, 0.3) is 0 Å². The van der Waals surface area contributed by atoms with E-state index in [1.165, 1.54) is 26.8 Å². The molecule has 5 saturated carbocycles. The highest BCUT2D eigenvalue weighted by Crippen LogP contribution is 2.82. The van der Waals surface area contributed by atoms with Crippen molar-refractivity contribution in [2.24, 2.45) is 50.2 Å². The molecule has 0 amide bonds. The fourth-order valence-corrected chi connectivity index (χ4v) is 21.5. The quantitative estimate of drug-likeness (QED) is 0.0350. The number of aliphatic hydroxyl groups excluding tert-OH is 14. The number of carboxylic acids is 1. The zero-order valence-corrected chi connectivity index (χ0v) is 63.3. The number of benzene rings is 1. The molecule has 1 aromatic rings. The zero-order valence-electron chi connectivity index (χ0n) is 63.3. The normalized spacial score (nSPS) is 50.1. The first-order valence-corrected chi connectivity index (χ1v) is 37.9. The fraction of sp³-hybridized carbons (Fsp3) is 0.816. The number of hydrogen-bond acceptors (Lipinski definition) is 32. The van der Waals surface area contributed by atoms with Crippen molar-refractivity contribution in [2.75, 3.05) is 13.2 Å². The van der Waals surface area contributed by atoms with Gasteiger partial charge in [-0.3, -0.25) is 4.79 Å². The molecule has 0 aromatic heterocycles. The van der Waals surface area contributed by atoms with Crippen LogP contribution in [0, 0.1) is 50.2 Å². The van der Waals surface area contributed by atoms with Gasteiger partial charge in [0.15, 0.2) is 49.9 Å². The Morgan fingerprint density at radius 1 is 0.523 bits per heavy atom. The van der Waals surface area contributed by atoms with Gasteiger partial charge < -0.3 is 143 Å². The number of aliphatic carboxylic acids is 1. The maximum Gasteiger partial charge on any atom is 0.335 e. The Morgan fingerprint density at radius 3 is 1.67 bits per heavy atom. The van der Waals surface area contributed by atoms with Crippen LogP contribution in [0.1, 0.15) is 140 Å². The van der Waals surface area contributed by atoms with Crippen molar-refractivity contribution in [2.45, 2.75) is 324 Å². The van der Waals surface area contributed by atoms with Gasteiger partial charge in [0, 0.05) is 35.3 Å². The number of carbonyl (C=O) groups is 4. The third-order valence-corrected chi connectivity index (χ3v) is 27.6. The van der Waals surface area contributed by atoms with Gasteiger partial charge in [0.05, 0.1) is 37.1 Å². The molecular formula is C76H112O33. The van der Waals surface area contributed by atoms with Crippen LogP contribution in [0.3, 0.4) is 0 Å². The maximum atomic E-state index is 14.5. The van der Waals surface area contributed by atoms with Gasteiger partial charge >= 0.3 is 23.9 Å². The predicted octanol–water partition coefficient (Wildman–Crippen LogP) is -0.767. The molecule has 11 fully saturated rings. The Balaban J connectivity index is 0.872. The van der Waals surface area contributed by atoms with Crippen LogP contribution in [-0.2, 0) is 85.5 Å². The minimum atomic E-state index is -2.39. The average Bonchev–Trinajstić information content (AvgIpc) is 1.53. The van der Waals surface area contributed by atoms with Gasteiger partial charge in [-0.15, -0.1) is 0 Å². The number of carboxylic acid groups (broad SMARTS) is 1. The lowest BCUT2D eigenvalue weighted by molar-refractivity contribution is -0.412. The molecule has 12 unspecified atom stereocenters. The number of fused-ring (bicyclic) bond motifs is 4. The number of allylic oxidation sites excluding steroid dienone is 1. The van der Waals surface area contributed by atoms with E-state index in [0.717, 1.165) is 0 Å². The number of ether oxygens (including phenoxy) is 14. The molecule has 5 aliphatic carbocycles. The Hall–Kier alpha value is -4.42. The topological polar surface area (TPSA) is 501 Å². The van der Waals surface area contributed by atoms with Crippen LogP contribution in [-0.4, -0.2) is 304 Å². The summed E-state index contributed by atoms with van der Waals surface area (Å²) in [5.41, 5.74) is -6.00. The van der Waals surface area contributed by atoms with Crippen LogP contribution in [0.25, 0.3) is 6.08 Å². The minimum Gasteiger partial charge on any atom is -0.479 e. The molecule has 6 saturated heterocycles. The summed E-state index contributed by atoms with van der Waals surface area (Å²) < 4.78 is 89.1. The monoisotopic (exact) mass is 1550 g/mol. The Bertz CT molecular complexity index is 3470. The summed E-state index contributed by atoms with van der Waals surface area (Å²) in [5, 5.41) is 170. The summed E-state index contributed by atoms with van der Waals surface area (Å²) in [6.45, 7) is 19.7. The summed E-state index contributed by atoms with van der Waals surface area (Å²) in [7, 11) is 0. The van der Waals surface area contributed by atoms with Gasteiger partial charge in [-0.2, -0.15) is 0 Å². The third kappa shape index (κ3) is 14.1. The van der Waals surface area contributed by atoms with Gasteiger partial charge in [-0.05, 0) is 119 Å². The standard InChI is InChI=1S/C76H112O33/c1-13-31(2)63(94)108-60-61(102-43(80)20-19-35-17-15-14-16-18-35)76-40(27-70(60,6)7)75(109-69(76)95)26-22-39-72(10)24-23-41(71(8,9)38(72)21-25-73(39,11)74(75,12)28-42(76)98-34(5)79)101-68-59(107-65-53(90)49(86)46(83)36(29-77)99-65)55(54(91)56(104-68)62(92)93)103-67-58(51(88)47(84)37(30-78)100-67)106-66-57(50(87)45(82)33(4)97-66)105-64-52(89)48(85)44(81)32(3)96-64/h13-20,32-33,36-42,44-61,64-69,77-78,81-91,95H,21-30H2,1-12H3,(H,92,93)/b20-19+,31-13-/t32-,33+,36+,37-,38?,39?,40?,41-,42+,44-,45+,46-,47+,48+,49-,50-,51+,52+,53+,54-,55-,56-,57?,58?,59?,60-,61-,64?,65?,66?,67?,68+,69?,72-,73+,74-,75?,76+/m0/s1. The molecule has 0 radical (unpaired) electrons. The second-order valence-corrected chi connectivity index (χ2v) is 34.2. The van der Waals surface area contributed by atoms with Crippen LogP contribution in [0.15, 0.2) is 48.1 Å². The van der Waals surface area contributed by atoms with E-state index in [2.05, 4.69) is 20.8 Å². The molecule has 2 bridgehead atoms. The average molecular weight is 1550 g/mol. The summed E-state index contributed by atoms with van der Waals surface area (Å²) in [5.74, 6) is -5.01. The van der Waals surface area contributed by atoms with E-state index >= 15 is 0 Å². The number of aliphatic hydroxyl groups is 14. The van der Waals surface area contributed by atoms with Gasteiger partial charge in [0.1, 0.15) is 121 Å². The molecule has 109 heavy (non-hydrogen) atoms. The Kier molecular flexibility index (Phi) is 24.1. The number of carbonyl (C=O) groups excluding carboxylic acids is 3. The highest BCUT2D eigenvalue weighted by molar-refractivity contribution is 5.88. The highest BCUT2D eigenvalue weighted by Gasteiger charge is 2.87. The van der Waals surface area contributed by atoms with Crippen LogP contribution in [0.5, 0.6) is 0 Å². The minimum absolute atomic E-state index is 0.119. The second kappa shape index (κ2) is 31.3. The van der Waals surface area contributed by atoms with E-state index in [-0.39, 0.29) is 36.7 Å². The molecule has 6 aliphatic heterocycles. The lowest BCUT2D eigenvalue weighted by Crippen LogP contribution is -2.77. The summed E-state index contributed by atoms with van der Waals surface area (Å²) in [4.78, 5) is 55.9. The SMILES string of the molecule is C/C=C(/C)C(=O)O[C@H]1[C@H](OC(=O)/C=C/c2ccccc2)[C@]23C(O)OC4(CCC5[C@@]6(C)CC[C@H](O[C@@H]7O[C@H](C(=O)O)[C@@H](O)[C@H](OC8O[C@@H](CO)[C@@H](O)[C@@H](O)C8OC8O[C@H](C)[C@@H](O)[C@H](O)C8OC8O[C@@H](C)[C@H](O)[C@@H](O)[C@H]8O)C7OC7O[C@H](CO)[C@H](O)[C@H](O)[C@H]7O)C(C)(C)C6CC[C@@]5(C)[C@]4(C)C[C@H]2OC(C)=O)C3CC1(C)C. The van der Waals surface area contributed by atoms with E-state index < -0.39 is 265 Å². The van der Waals surface area contributed by atoms with Crippen LogP contribution in [0.2, 0.25) is 0 Å². The van der Waals surface area contributed by atoms with E-state index in [4.69, 9.17) is 66.3 Å². The first-order chi connectivity index (χ1) is 51.1. The molecule has 12 rings (SSSR count). The molecule has 33 heteroatoms. The molecule has 1 spiro atoms. The van der Waals surface area contributed by atoms with Crippen molar-refractivity contribution >= 4 is 30.0 Å². The zero-order chi connectivity index (χ0) is 79.6. The Morgan fingerprint density at radius 2 is 1.06 bits per heavy atom. The first-order valence-electron chi connectivity index (χ1n) is 37.9. The molecule has 6 heterocycles. The molecule has 33 nitrogen and oxygen atoms in total. The van der Waals surface area contributed by atoms with Gasteiger partial charge in [0.2, 0.25) is 0 Å². The van der Waals surface area contributed by atoms with Gasteiger partial charge in [-0.25, -0.2) is 14.4 Å². The predicted molar refractivity (Wildman–Crippen MR) is 369 cm³/mol. The largest absolute Gasteiger partial charge is 0.479 e. The van der Waals surface area contributed by atoms with Crippen LogP contribution >= 0.6 is 0 Å². The van der Waals surface area contributed by atoms with Crippen molar-refractivity contribution in [3.63, 3.8) is 0 Å². The fourth-order valence-electron chi connectivity index (χ4n) is 21.5. The molecular weight excluding hydrogens is 1440 g/mol. The highest BCUT2D eigenvalue weighted by atomic mass is 16.8. The van der Waals surface area contributed by atoms with E-state index in [1.54, 1.807) is 38.1 Å². The van der Waals surface area contributed by atoms with Crippen molar-refractivity contribution in [1.29, 1.82) is 0 Å². The van der Waals surface area contributed by atoms with Crippen LogP contribution in [0.4, 0.5) is 0 Å². The number of rotatable bonds is 19. The third-order valence-electron chi connectivity index (χ3n) is 27.6. The first kappa shape index (κ1) is 84.0. The molecule has 614 valence electrons. The van der Waals surface area contributed by atoms with Gasteiger partial charge in [-0.1, -0.05) is 84.9 Å². The molecule has 15 N–H and O–H groups in total. The summed E-state index contributed by atoms with van der Waals surface area (Å²) >= 11 is 0. The number of hydrogen-bond donors (Lipinski definition) is 15. The van der Waals surface area contributed by atoms with Crippen molar-refractivity contribution in [3.05, 3.63) is 53.6 Å². The van der Waals surface area contributed by atoms with E-state index in [1.807, 2.05) is 45.9 Å². The summed E-state index contributed by atoms with van der Waals surface area (Å²) in [6.07, 6.45) is -47.7. The van der Waals surface area contributed by atoms with Crippen molar-refractivity contribution < 1.29 is 162 Å². The molecule has 11 aliphatic rings. The maximum absolute atomic E-state index is 14.5.